The Bertz CT molecular complexity index is 320. The summed E-state index contributed by atoms with van der Waals surface area (Å²) < 4.78 is 0. The molecule has 6 heteroatoms. The van der Waals surface area contributed by atoms with Crippen LogP contribution in [0.1, 0.15) is 41.5 Å². The van der Waals surface area contributed by atoms with Crippen LogP contribution in [0.5, 0.6) is 0 Å². The second-order valence-electron chi connectivity index (χ2n) is 6.75. The van der Waals surface area contributed by atoms with Crippen LogP contribution >= 0.6 is 0 Å². The second-order valence-corrected chi connectivity index (χ2v) is 6.75. The Morgan fingerprint density at radius 1 is 0.818 bits per heavy atom. The van der Waals surface area contributed by atoms with Crippen molar-refractivity contribution in [1.82, 2.24) is 10.6 Å². The summed E-state index contributed by atoms with van der Waals surface area (Å²) in [7, 11) is 3.12. The molecule has 0 saturated carbocycles. The van der Waals surface area contributed by atoms with Gasteiger partial charge in [0.25, 0.3) is 0 Å². The number of oxime groups is 2. The molecule has 0 radical (unpaired) electrons. The van der Waals surface area contributed by atoms with Crippen LogP contribution in [-0.4, -0.2) is 50.8 Å². The van der Waals surface area contributed by atoms with E-state index in [1.807, 2.05) is 12.4 Å². The first kappa shape index (κ1) is 20.9. The Balaban J connectivity index is 4.24. The van der Waals surface area contributed by atoms with Crippen molar-refractivity contribution in [3.8, 4) is 0 Å². The zero-order valence-electron chi connectivity index (χ0n) is 15.4. The van der Waals surface area contributed by atoms with Gasteiger partial charge >= 0.3 is 0 Å². The molecule has 0 aliphatic rings. The molecule has 0 aromatic carbocycles. The quantitative estimate of drug-likeness (QED) is 0.349. The van der Waals surface area contributed by atoms with Crippen LogP contribution in [0.3, 0.4) is 0 Å². The topological polar surface area (TPSA) is 67.2 Å². The third-order valence-corrected chi connectivity index (χ3v) is 4.34. The van der Waals surface area contributed by atoms with Gasteiger partial charge in [-0.2, -0.15) is 0 Å². The van der Waals surface area contributed by atoms with Crippen LogP contribution in [0, 0.1) is 11.8 Å². The Morgan fingerprint density at radius 3 is 1.41 bits per heavy atom. The molecular formula is C16H34N4O2. The average Bonchev–Trinajstić information content (AvgIpc) is 2.46. The summed E-state index contributed by atoms with van der Waals surface area (Å²) in [6.45, 7) is 14.6. The summed E-state index contributed by atoms with van der Waals surface area (Å²) in [6, 6.07) is 0. The van der Waals surface area contributed by atoms with Crippen molar-refractivity contribution in [2.75, 3.05) is 27.3 Å². The van der Waals surface area contributed by atoms with Crippen LogP contribution in [-0.2, 0) is 9.68 Å². The molecule has 0 saturated heterocycles. The van der Waals surface area contributed by atoms with Crippen molar-refractivity contribution >= 4 is 12.4 Å². The molecule has 0 aliphatic heterocycles. The fourth-order valence-corrected chi connectivity index (χ4v) is 1.77. The van der Waals surface area contributed by atoms with Crippen molar-refractivity contribution < 1.29 is 9.68 Å². The van der Waals surface area contributed by atoms with Gasteiger partial charge in [0.15, 0.2) is 0 Å². The van der Waals surface area contributed by atoms with E-state index >= 15 is 0 Å². The van der Waals surface area contributed by atoms with Crippen LogP contribution in [0.25, 0.3) is 0 Å². The van der Waals surface area contributed by atoms with Crippen LogP contribution in [0.2, 0.25) is 0 Å². The Morgan fingerprint density at radius 2 is 1.14 bits per heavy atom. The van der Waals surface area contributed by atoms with E-state index in [-0.39, 0.29) is 22.9 Å². The van der Waals surface area contributed by atoms with Gasteiger partial charge in [0.2, 0.25) is 0 Å². The third-order valence-electron chi connectivity index (χ3n) is 4.34. The third kappa shape index (κ3) is 7.75. The first-order valence-corrected chi connectivity index (χ1v) is 7.80. The molecule has 0 aliphatic carbocycles. The van der Waals surface area contributed by atoms with Crippen molar-refractivity contribution in [1.29, 1.82) is 0 Å². The fraction of sp³-hybridized carbons (Fsp3) is 0.875. The van der Waals surface area contributed by atoms with Crippen molar-refractivity contribution in [2.24, 2.45) is 22.1 Å². The van der Waals surface area contributed by atoms with E-state index in [0.717, 1.165) is 13.1 Å². The van der Waals surface area contributed by atoms with E-state index in [2.05, 4.69) is 62.5 Å². The first-order chi connectivity index (χ1) is 10.2. The van der Waals surface area contributed by atoms with Crippen LogP contribution in [0.15, 0.2) is 10.3 Å². The fourth-order valence-electron chi connectivity index (χ4n) is 1.77. The van der Waals surface area contributed by atoms with Gasteiger partial charge in [-0.3, -0.25) is 0 Å². The minimum absolute atomic E-state index is 0.0447. The minimum Gasteiger partial charge on any atom is -0.399 e. The molecule has 0 rings (SSSR count). The number of nitrogens with zero attached hydrogens (tertiary/aromatic N) is 2. The molecule has 0 aromatic heterocycles. The minimum atomic E-state index is -0.0447. The molecule has 22 heavy (non-hydrogen) atoms. The van der Waals surface area contributed by atoms with Crippen molar-refractivity contribution in [3.05, 3.63) is 0 Å². The van der Waals surface area contributed by atoms with E-state index in [1.54, 1.807) is 14.2 Å². The van der Waals surface area contributed by atoms with Gasteiger partial charge in [-0.05, 0) is 27.7 Å². The molecule has 2 N–H and O–H groups in total. The normalized spacial score (nSPS) is 16.2. The van der Waals surface area contributed by atoms with Gasteiger partial charge in [-0.1, -0.05) is 24.2 Å². The summed E-state index contributed by atoms with van der Waals surface area (Å²) in [4.78, 5) is 9.49. The summed E-state index contributed by atoms with van der Waals surface area (Å²) in [5, 5.41) is 14.8. The molecule has 0 spiro atoms. The smallest absolute Gasteiger partial charge is 0.106 e. The summed E-state index contributed by atoms with van der Waals surface area (Å²) in [6.07, 6.45) is 3.65. The number of rotatable bonds is 11. The highest BCUT2D eigenvalue weighted by Crippen LogP contribution is 2.15. The number of hydrogen-bond acceptors (Lipinski definition) is 6. The van der Waals surface area contributed by atoms with E-state index < -0.39 is 0 Å². The monoisotopic (exact) mass is 314 g/mol. The average molecular weight is 314 g/mol. The first-order valence-electron chi connectivity index (χ1n) is 7.80. The highest BCUT2D eigenvalue weighted by atomic mass is 16.6. The van der Waals surface area contributed by atoms with Gasteiger partial charge < -0.3 is 20.3 Å². The van der Waals surface area contributed by atoms with Gasteiger partial charge in [0.05, 0.1) is 0 Å². The van der Waals surface area contributed by atoms with Crippen molar-refractivity contribution in [2.45, 2.75) is 52.6 Å². The number of hydrogen-bond donors (Lipinski definition) is 2. The zero-order valence-corrected chi connectivity index (χ0v) is 15.4. The Hall–Kier alpha value is -1.14. The van der Waals surface area contributed by atoms with Crippen LogP contribution in [0.4, 0.5) is 0 Å². The lowest BCUT2D eigenvalue weighted by Gasteiger charge is -2.33. The molecule has 2 unspecified atom stereocenters. The lowest BCUT2D eigenvalue weighted by atomic mass is 9.89. The zero-order chi connectivity index (χ0) is 17.2. The maximum absolute atomic E-state index is 4.74. The molecule has 130 valence electrons. The molecule has 0 aromatic rings. The second kappa shape index (κ2) is 9.79. The Kier molecular flexibility index (Phi) is 9.28. The highest BCUT2D eigenvalue weighted by Gasteiger charge is 2.26. The Labute approximate surface area is 135 Å². The van der Waals surface area contributed by atoms with Crippen LogP contribution < -0.4 is 10.6 Å². The molecule has 0 fully saturated rings. The SMILES string of the molecule is CO/N=C/C(C)C(C)(C)NCCNC(C)(C)C(C)/C=N/OC. The van der Waals surface area contributed by atoms with Crippen molar-refractivity contribution in [3.63, 3.8) is 0 Å². The predicted molar refractivity (Wildman–Crippen MR) is 93.5 cm³/mol. The van der Waals surface area contributed by atoms with Gasteiger partial charge in [-0.15, -0.1) is 0 Å². The highest BCUT2D eigenvalue weighted by molar-refractivity contribution is 5.61. The summed E-state index contributed by atoms with van der Waals surface area (Å²) in [5.41, 5.74) is -0.0893. The molecule has 2 atom stereocenters. The van der Waals surface area contributed by atoms with E-state index in [9.17, 15) is 0 Å². The molecule has 0 bridgehead atoms. The predicted octanol–water partition coefficient (Wildman–Crippen LogP) is 2.26. The maximum Gasteiger partial charge on any atom is 0.106 e. The van der Waals surface area contributed by atoms with E-state index in [0.29, 0.717) is 0 Å². The lowest BCUT2D eigenvalue weighted by Crippen LogP contribution is -2.52. The van der Waals surface area contributed by atoms with Gasteiger partial charge in [0, 0.05) is 48.4 Å². The number of nitrogens with one attached hydrogen (secondary N) is 2. The maximum atomic E-state index is 4.74. The largest absolute Gasteiger partial charge is 0.399 e. The lowest BCUT2D eigenvalue weighted by molar-refractivity contribution is 0.209. The molecule has 6 nitrogen and oxygen atoms in total. The van der Waals surface area contributed by atoms with Gasteiger partial charge in [-0.25, -0.2) is 0 Å². The van der Waals surface area contributed by atoms with Gasteiger partial charge in [0.1, 0.15) is 14.2 Å². The summed E-state index contributed by atoms with van der Waals surface area (Å²) in [5.74, 6) is 0.543. The molecule has 0 heterocycles. The van der Waals surface area contributed by atoms with E-state index in [4.69, 9.17) is 9.68 Å². The van der Waals surface area contributed by atoms with E-state index in [1.165, 1.54) is 0 Å². The summed E-state index contributed by atoms with van der Waals surface area (Å²) >= 11 is 0. The molecule has 0 amide bonds. The standard InChI is InChI=1S/C16H34N4O2/c1-13(11-19-21-7)15(3,4)17-9-10-18-16(5,6)14(2)12-20-22-8/h11-14,17-18H,9-10H2,1-8H3/b19-11+,20-12+. The molecular weight excluding hydrogens is 280 g/mol.